The number of carbonyl (C=O) groups excluding carboxylic acids is 4. The van der Waals surface area contributed by atoms with Gasteiger partial charge in [-0.05, 0) is 49.7 Å². The molecule has 2 N–H and O–H groups in total. The van der Waals surface area contributed by atoms with E-state index in [-0.39, 0.29) is 29.3 Å². The molecule has 4 amide bonds. The predicted molar refractivity (Wildman–Crippen MR) is 104 cm³/mol. The first-order chi connectivity index (χ1) is 14.5. The van der Waals surface area contributed by atoms with Crippen LogP contribution in [-0.2, 0) is 11.3 Å². The van der Waals surface area contributed by atoms with Crippen molar-refractivity contribution in [2.24, 2.45) is 0 Å². The Labute approximate surface area is 175 Å². The minimum absolute atomic E-state index is 0.155. The van der Waals surface area contributed by atoms with Crippen molar-refractivity contribution in [3.05, 3.63) is 64.7 Å². The summed E-state index contributed by atoms with van der Waals surface area (Å²) in [6, 6.07) is 9.75. The fourth-order valence-electron chi connectivity index (χ4n) is 3.06. The number of halogens is 3. The lowest BCUT2D eigenvalue weighted by Gasteiger charge is -2.17. The maximum atomic E-state index is 12.5. The second-order valence-corrected chi connectivity index (χ2v) is 7.17. The molecule has 7 nitrogen and oxygen atoms in total. The largest absolute Gasteiger partial charge is 0.471 e. The SMILES string of the molecule is CC(C)N1C(=O)c2ccc(C(=O)Nc3ccc(CNC(=O)C(F)(F)F)cc3)cc2C1=O. The van der Waals surface area contributed by atoms with Gasteiger partial charge >= 0.3 is 12.1 Å². The first kappa shape index (κ1) is 22.0. The van der Waals surface area contributed by atoms with Crippen LogP contribution in [-0.4, -0.2) is 40.7 Å². The van der Waals surface area contributed by atoms with Crippen LogP contribution in [0.1, 0.15) is 50.5 Å². The average molecular weight is 433 g/mol. The number of anilines is 1. The van der Waals surface area contributed by atoms with Crippen molar-refractivity contribution in [1.29, 1.82) is 0 Å². The van der Waals surface area contributed by atoms with Crippen LogP contribution in [0, 0.1) is 0 Å². The third kappa shape index (κ3) is 4.57. The Balaban J connectivity index is 1.67. The van der Waals surface area contributed by atoms with Gasteiger partial charge in [-0.1, -0.05) is 12.1 Å². The molecule has 0 saturated heterocycles. The smallest absolute Gasteiger partial charge is 0.344 e. The number of fused-ring (bicyclic) bond motifs is 1. The van der Waals surface area contributed by atoms with Crippen LogP contribution in [0.25, 0.3) is 0 Å². The number of rotatable bonds is 5. The highest BCUT2D eigenvalue weighted by Gasteiger charge is 2.38. The molecule has 31 heavy (non-hydrogen) atoms. The van der Waals surface area contributed by atoms with Crippen LogP contribution in [0.3, 0.4) is 0 Å². The predicted octanol–water partition coefficient (Wildman–Crippen LogP) is 3.12. The molecular formula is C21H18F3N3O4. The Hall–Kier alpha value is -3.69. The standard InChI is InChI=1S/C21H18F3N3O4/c1-11(2)27-18(29)15-8-5-13(9-16(15)19(27)30)17(28)26-14-6-3-12(4-7-14)10-25-20(31)21(22,23)24/h3-9,11H,10H2,1-2H3,(H,25,31)(H,26,28). The number of hydrogen-bond acceptors (Lipinski definition) is 4. The van der Waals surface area contributed by atoms with Gasteiger partial charge in [0.05, 0.1) is 11.1 Å². The quantitative estimate of drug-likeness (QED) is 0.709. The van der Waals surface area contributed by atoms with Crippen LogP contribution in [0.2, 0.25) is 0 Å². The van der Waals surface area contributed by atoms with E-state index in [4.69, 9.17) is 0 Å². The van der Waals surface area contributed by atoms with Crippen molar-refractivity contribution in [3.63, 3.8) is 0 Å². The minimum atomic E-state index is -4.96. The molecule has 162 valence electrons. The van der Waals surface area contributed by atoms with E-state index < -0.39 is 29.8 Å². The van der Waals surface area contributed by atoms with E-state index >= 15 is 0 Å². The fourth-order valence-corrected chi connectivity index (χ4v) is 3.06. The summed E-state index contributed by atoms with van der Waals surface area (Å²) in [5.41, 5.74) is 1.34. The van der Waals surface area contributed by atoms with E-state index in [0.29, 0.717) is 11.3 Å². The summed E-state index contributed by atoms with van der Waals surface area (Å²) in [7, 11) is 0. The molecule has 0 aliphatic carbocycles. The summed E-state index contributed by atoms with van der Waals surface area (Å²) in [4.78, 5) is 49.3. The molecule has 1 aliphatic rings. The van der Waals surface area contributed by atoms with Gasteiger partial charge in [0.15, 0.2) is 0 Å². The molecule has 10 heteroatoms. The van der Waals surface area contributed by atoms with Crippen LogP contribution in [0.15, 0.2) is 42.5 Å². The highest BCUT2D eigenvalue weighted by Crippen LogP contribution is 2.26. The molecular weight excluding hydrogens is 415 g/mol. The van der Waals surface area contributed by atoms with Gasteiger partial charge in [0.2, 0.25) is 0 Å². The van der Waals surface area contributed by atoms with Gasteiger partial charge in [0.25, 0.3) is 17.7 Å². The lowest BCUT2D eigenvalue weighted by atomic mass is 10.1. The summed E-state index contributed by atoms with van der Waals surface area (Å²) >= 11 is 0. The molecule has 0 aromatic heterocycles. The normalized spacial score (nSPS) is 13.4. The maximum absolute atomic E-state index is 12.5. The number of benzene rings is 2. The third-order valence-electron chi connectivity index (χ3n) is 4.62. The molecule has 2 aromatic carbocycles. The molecule has 0 saturated carbocycles. The molecule has 0 bridgehead atoms. The van der Waals surface area contributed by atoms with E-state index in [1.807, 2.05) is 0 Å². The topological polar surface area (TPSA) is 95.6 Å². The lowest BCUT2D eigenvalue weighted by Crippen LogP contribution is -2.36. The lowest BCUT2D eigenvalue weighted by molar-refractivity contribution is -0.173. The first-order valence-corrected chi connectivity index (χ1v) is 9.26. The number of nitrogens with zero attached hydrogens (tertiary/aromatic N) is 1. The van der Waals surface area contributed by atoms with Crippen LogP contribution in [0.5, 0.6) is 0 Å². The maximum Gasteiger partial charge on any atom is 0.471 e. The Kier molecular flexibility index (Phi) is 5.83. The average Bonchev–Trinajstić information content (AvgIpc) is 2.96. The second kappa shape index (κ2) is 8.21. The number of carbonyl (C=O) groups is 4. The highest BCUT2D eigenvalue weighted by atomic mass is 19.4. The Morgan fingerprint density at radius 1 is 0.968 bits per heavy atom. The molecule has 0 fully saturated rings. The van der Waals surface area contributed by atoms with Crippen LogP contribution >= 0.6 is 0 Å². The molecule has 0 atom stereocenters. The Morgan fingerprint density at radius 2 is 1.58 bits per heavy atom. The first-order valence-electron chi connectivity index (χ1n) is 9.26. The minimum Gasteiger partial charge on any atom is -0.344 e. The molecule has 0 spiro atoms. The molecule has 0 radical (unpaired) electrons. The van der Waals surface area contributed by atoms with E-state index in [2.05, 4.69) is 5.32 Å². The van der Waals surface area contributed by atoms with Crippen molar-refractivity contribution in [3.8, 4) is 0 Å². The van der Waals surface area contributed by atoms with Crippen molar-refractivity contribution in [1.82, 2.24) is 10.2 Å². The summed E-state index contributed by atoms with van der Waals surface area (Å²) in [6.45, 7) is 3.11. The monoisotopic (exact) mass is 433 g/mol. The number of hydrogen-bond donors (Lipinski definition) is 2. The summed E-state index contributed by atoms with van der Waals surface area (Å²) in [6.07, 6.45) is -4.96. The molecule has 1 aliphatic heterocycles. The van der Waals surface area contributed by atoms with E-state index in [0.717, 1.165) is 4.90 Å². The molecule has 3 rings (SSSR count). The van der Waals surface area contributed by atoms with E-state index in [1.54, 1.807) is 19.2 Å². The van der Waals surface area contributed by atoms with Gasteiger partial charge in [0.1, 0.15) is 0 Å². The molecule has 0 unspecified atom stereocenters. The van der Waals surface area contributed by atoms with Crippen molar-refractivity contribution in [2.45, 2.75) is 32.6 Å². The second-order valence-electron chi connectivity index (χ2n) is 7.17. The van der Waals surface area contributed by atoms with Gasteiger partial charge < -0.3 is 10.6 Å². The zero-order chi connectivity index (χ0) is 22.9. The Morgan fingerprint density at radius 3 is 2.16 bits per heavy atom. The summed E-state index contributed by atoms with van der Waals surface area (Å²) < 4.78 is 36.6. The summed E-state index contributed by atoms with van der Waals surface area (Å²) in [5, 5.41) is 4.36. The fraction of sp³-hybridized carbons (Fsp3) is 0.238. The van der Waals surface area contributed by atoms with Gasteiger partial charge in [0, 0.05) is 23.8 Å². The highest BCUT2D eigenvalue weighted by molar-refractivity contribution is 6.22. The molecule has 2 aromatic rings. The van der Waals surface area contributed by atoms with Gasteiger partial charge in [-0.3, -0.25) is 24.1 Å². The zero-order valence-corrected chi connectivity index (χ0v) is 16.5. The Bertz CT molecular complexity index is 1060. The third-order valence-corrected chi connectivity index (χ3v) is 4.62. The number of imide groups is 1. The molecule has 1 heterocycles. The number of alkyl halides is 3. The van der Waals surface area contributed by atoms with Crippen LogP contribution < -0.4 is 10.6 Å². The van der Waals surface area contributed by atoms with E-state index in [1.165, 1.54) is 42.5 Å². The summed E-state index contributed by atoms with van der Waals surface area (Å²) in [5.74, 6) is -3.43. The van der Waals surface area contributed by atoms with Crippen molar-refractivity contribution < 1.29 is 32.3 Å². The van der Waals surface area contributed by atoms with Gasteiger partial charge in [-0.2, -0.15) is 13.2 Å². The zero-order valence-electron chi connectivity index (χ0n) is 16.5. The number of amides is 4. The van der Waals surface area contributed by atoms with Crippen molar-refractivity contribution >= 4 is 29.3 Å². The van der Waals surface area contributed by atoms with Crippen LogP contribution in [0.4, 0.5) is 18.9 Å². The van der Waals surface area contributed by atoms with Gasteiger partial charge in [-0.15, -0.1) is 0 Å². The van der Waals surface area contributed by atoms with Crippen molar-refractivity contribution in [2.75, 3.05) is 5.32 Å². The number of nitrogens with one attached hydrogen (secondary N) is 2. The van der Waals surface area contributed by atoms with E-state index in [9.17, 15) is 32.3 Å². The van der Waals surface area contributed by atoms with Gasteiger partial charge in [-0.25, -0.2) is 0 Å².